The van der Waals surface area contributed by atoms with E-state index in [1.165, 1.54) is 6.92 Å². The van der Waals surface area contributed by atoms with E-state index >= 15 is 0 Å². The van der Waals surface area contributed by atoms with Crippen molar-refractivity contribution in [3.8, 4) is 0 Å². The number of pyridine rings is 1. The Morgan fingerprint density at radius 1 is 0.929 bits per heavy atom. The number of nitrogens with one attached hydrogen (secondary N) is 3. The number of carbonyl (C=O) groups is 2. The number of hydrogen-bond acceptors (Lipinski definition) is 4. The summed E-state index contributed by atoms with van der Waals surface area (Å²) in [5.41, 5.74) is 3.16. The van der Waals surface area contributed by atoms with Crippen molar-refractivity contribution in [2.75, 3.05) is 16.0 Å². The van der Waals surface area contributed by atoms with Gasteiger partial charge in [0.25, 0.3) is 5.91 Å². The molecule has 0 aliphatic heterocycles. The smallest absolute Gasteiger partial charge is 0.274 e. The van der Waals surface area contributed by atoms with Crippen molar-refractivity contribution in [1.82, 2.24) is 4.98 Å². The Morgan fingerprint density at radius 3 is 2.43 bits per heavy atom. The molecule has 0 atom stereocenters. The molecule has 0 radical (unpaired) electrons. The summed E-state index contributed by atoms with van der Waals surface area (Å²) in [5, 5.41) is 9.38. The van der Waals surface area contributed by atoms with Gasteiger partial charge in [-0.2, -0.15) is 0 Å². The molecule has 1 heterocycles. The van der Waals surface area contributed by atoms with Crippen LogP contribution in [0.5, 0.6) is 0 Å². The Balaban J connectivity index is 1.67. The first kappa shape index (κ1) is 19.4. The number of halogens is 1. The van der Waals surface area contributed by atoms with Gasteiger partial charge in [-0.25, -0.2) is 0 Å². The highest BCUT2D eigenvalue weighted by atomic mass is 35.5. The highest BCUT2D eigenvalue weighted by Gasteiger charge is 2.09. The van der Waals surface area contributed by atoms with Gasteiger partial charge in [0.1, 0.15) is 5.69 Å². The number of benzene rings is 2. The first-order valence-corrected chi connectivity index (χ1v) is 9.01. The van der Waals surface area contributed by atoms with Crippen molar-refractivity contribution in [2.45, 2.75) is 13.5 Å². The molecule has 142 valence electrons. The number of aromatic nitrogens is 1. The quantitative estimate of drug-likeness (QED) is 0.572. The summed E-state index contributed by atoms with van der Waals surface area (Å²) >= 11 is 6.16. The normalized spacial score (nSPS) is 10.2. The highest BCUT2D eigenvalue weighted by molar-refractivity contribution is 6.31. The van der Waals surface area contributed by atoms with Gasteiger partial charge in [0, 0.05) is 41.8 Å². The molecular formula is C21H19ClN4O2. The van der Waals surface area contributed by atoms with Gasteiger partial charge < -0.3 is 16.0 Å². The third kappa shape index (κ3) is 5.31. The summed E-state index contributed by atoms with van der Waals surface area (Å²) in [7, 11) is 0. The second-order valence-electron chi connectivity index (χ2n) is 6.09. The Kier molecular flexibility index (Phi) is 6.24. The molecule has 0 saturated heterocycles. The number of carbonyl (C=O) groups excluding carboxylic acids is 2. The lowest BCUT2D eigenvalue weighted by Crippen LogP contribution is -2.14. The minimum atomic E-state index is -0.346. The topological polar surface area (TPSA) is 83.1 Å². The van der Waals surface area contributed by atoms with Crippen LogP contribution in [-0.4, -0.2) is 16.8 Å². The van der Waals surface area contributed by atoms with Crippen LogP contribution >= 0.6 is 11.6 Å². The molecule has 0 bridgehead atoms. The Morgan fingerprint density at radius 2 is 1.68 bits per heavy atom. The number of amides is 2. The first-order chi connectivity index (χ1) is 13.5. The predicted octanol–water partition coefficient (Wildman–Crippen LogP) is 4.56. The summed E-state index contributed by atoms with van der Waals surface area (Å²) in [6, 6.07) is 17.9. The number of rotatable bonds is 6. The lowest BCUT2D eigenvalue weighted by Gasteiger charge is -2.10. The molecule has 0 aliphatic rings. The maximum atomic E-state index is 12.5. The lowest BCUT2D eigenvalue weighted by atomic mass is 10.2. The minimum Gasteiger partial charge on any atom is -0.381 e. The monoisotopic (exact) mass is 394 g/mol. The fraction of sp³-hybridized carbons (Fsp3) is 0.0952. The molecule has 0 fully saturated rings. The van der Waals surface area contributed by atoms with E-state index < -0.39 is 0 Å². The number of hydrogen-bond donors (Lipinski definition) is 3. The molecular weight excluding hydrogens is 376 g/mol. The van der Waals surface area contributed by atoms with E-state index in [1.807, 2.05) is 24.3 Å². The van der Waals surface area contributed by atoms with Gasteiger partial charge in [-0.3, -0.25) is 14.6 Å². The van der Waals surface area contributed by atoms with E-state index in [0.29, 0.717) is 22.9 Å². The molecule has 3 N–H and O–H groups in total. The van der Waals surface area contributed by atoms with Crippen LogP contribution in [0.15, 0.2) is 66.9 Å². The van der Waals surface area contributed by atoms with E-state index in [-0.39, 0.29) is 17.5 Å². The third-order valence-corrected chi connectivity index (χ3v) is 4.24. The van der Waals surface area contributed by atoms with Crippen molar-refractivity contribution in [1.29, 1.82) is 0 Å². The van der Waals surface area contributed by atoms with Gasteiger partial charge in [0.2, 0.25) is 5.91 Å². The second-order valence-corrected chi connectivity index (χ2v) is 6.50. The van der Waals surface area contributed by atoms with Gasteiger partial charge in [-0.15, -0.1) is 0 Å². The maximum Gasteiger partial charge on any atom is 0.274 e. The molecule has 3 aromatic rings. The second kappa shape index (κ2) is 9.01. The summed E-state index contributed by atoms with van der Waals surface area (Å²) < 4.78 is 0. The van der Waals surface area contributed by atoms with E-state index in [4.69, 9.17) is 11.6 Å². The maximum absolute atomic E-state index is 12.5. The van der Waals surface area contributed by atoms with Gasteiger partial charge >= 0.3 is 0 Å². The van der Waals surface area contributed by atoms with Crippen LogP contribution in [0.1, 0.15) is 23.0 Å². The first-order valence-electron chi connectivity index (χ1n) is 8.63. The van der Waals surface area contributed by atoms with E-state index in [0.717, 1.165) is 11.3 Å². The van der Waals surface area contributed by atoms with Crippen LogP contribution < -0.4 is 16.0 Å². The van der Waals surface area contributed by atoms with Crippen molar-refractivity contribution in [3.05, 3.63) is 83.1 Å². The largest absolute Gasteiger partial charge is 0.381 e. The zero-order valence-electron chi connectivity index (χ0n) is 15.2. The summed E-state index contributed by atoms with van der Waals surface area (Å²) in [4.78, 5) is 27.8. The average Bonchev–Trinajstić information content (AvgIpc) is 2.67. The summed E-state index contributed by atoms with van der Waals surface area (Å²) in [6.07, 6.45) is 1.57. The highest BCUT2D eigenvalue weighted by Crippen LogP contribution is 2.19. The summed E-state index contributed by atoms with van der Waals surface area (Å²) in [5.74, 6) is -0.524. The van der Waals surface area contributed by atoms with Crippen LogP contribution in [0.3, 0.4) is 0 Å². The molecule has 2 aromatic carbocycles. The molecule has 0 aliphatic carbocycles. The van der Waals surface area contributed by atoms with Crippen LogP contribution in [0.4, 0.5) is 17.1 Å². The standard InChI is InChI=1S/C21H19ClN4O2/c1-14(27)25-17-6-4-7-18(11-17)26-21(28)20-12-16(9-10-23-20)24-13-15-5-2-3-8-19(15)22/h2-12H,13H2,1H3,(H,23,24)(H,25,27)(H,26,28). The molecule has 0 unspecified atom stereocenters. The fourth-order valence-corrected chi connectivity index (χ4v) is 2.78. The molecule has 28 heavy (non-hydrogen) atoms. The number of anilines is 3. The van der Waals surface area contributed by atoms with Crippen LogP contribution in [0, 0.1) is 0 Å². The Hall–Kier alpha value is -3.38. The van der Waals surface area contributed by atoms with Crippen molar-refractivity contribution in [3.63, 3.8) is 0 Å². The predicted molar refractivity (Wildman–Crippen MR) is 112 cm³/mol. The van der Waals surface area contributed by atoms with Gasteiger partial charge in [0.15, 0.2) is 0 Å². The van der Waals surface area contributed by atoms with E-state index in [1.54, 1.807) is 42.6 Å². The average molecular weight is 395 g/mol. The van der Waals surface area contributed by atoms with Gasteiger partial charge in [-0.05, 0) is 42.0 Å². The molecule has 1 aromatic heterocycles. The van der Waals surface area contributed by atoms with Gasteiger partial charge in [-0.1, -0.05) is 35.9 Å². The van der Waals surface area contributed by atoms with Crippen molar-refractivity contribution < 1.29 is 9.59 Å². The molecule has 0 saturated carbocycles. The number of nitrogens with zero attached hydrogens (tertiary/aromatic N) is 1. The third-order valence-electron chi connectivity index (χ3n) is 3.87. The lowest BCUT2D eigenvalue weighted by molar-refractivity contribution is -0.114. The van der Waals surface area contributed by atoms with E-state index in [2.05, 4.69) is 20.9 Å². The molecule has 6 nitrogen and oxygen atoms in total. The Labute approximate surface area is 168 Å². The fourth-order valence-electron chi connectivity index (χ4n) is 2.58. The van der Waals surface area contributed by atoms with Gasteiger partial charge in [0.05, 0.1) is 0 Å². The zero-order chi connectivity index (χ0) is 19.9. The Bertz CT molecular complexity index is 1010. The molecule has 7 heteroatoms. The summed E-state index contributed by atoms with van der Waals surface area (Å²) in [6.45, 7) is 1.96. The van der Waals surface area contributed by atoms with Crippen LogP contribution in [0.2, 0.25) is 5.02 Å². The molecule has 0 spiro atoms. The molecule has 3 rings (SSSR count). The van der Waals surface area contributed by atoms with Crippen molar-refractivity contribution >= 4 is 40.5 Å². The zero-order valence-corrected chi connectivity index (χ0v) is 16.0. The van der Waals surface area contributed by atoms with E-state index in [9.17, 15) is 9.59 Å². The van der Waals surface area contributed by atoms with Crippen molar-refractivity contribution in [2.24, 2.45) is 0 Å². The molecule has 2 amide bonds. The van der Waals surface area contributed by atoms with Crippen LogP contribution in [-0.2, 0) is 11.3 Å². The minimum absolute atomic E-state index is 0.178. The van der Waals surface area contributed by atoms with Crippen LogP contribution in [0.25, 0.3) is 0 Å². The SMILES string of the molecule is CC(=O)Nc1cccc(NC(=O)c2cc(NCc3ccccc3Cl)ccn2)c1.